The summed E-state index contributed by atoms with van der Waals surface area (Å²) < 4.78 is 23.1. The number of hydrogen-bond donors (Lipinski definition) is 9. The number of ether oxygens (including phenoxy) is 4. The molecule has 4 aliphatic carbocycles. The fourth-order valence-electron chi connectivity index (χ4n) is 12.3. The van der Waals surface area contributed by atoms with Crippen LogP contribution < -0.4 is 0 Å². The van der Waals surface area contributed by atoms with Crippen LogP contribution in [0.15, 0.2) is 11.6 Å². The topological polar surface area (TPSA) is 236 Å². The van der Waals surface area contributed by atoms with Crippen LogP contribution in [-0.4, -0.2) is 144 Å². The molecule has 3 saturated carbocycles. The van der Waals surface area contributed by atoms with E-state index in [1.54, 1.807) is 13.8 Å². The molecular formula is C42H70O14. The second-order valence-electron chi connectivity index (χ2n) is 20.1. The minimum absolute atomic E-state index is 0.0767. The van der Waals surface area contributed by atoms with Crippen molar-refractivity contribution in [3.8, 4) is 0 Å². The first-order valence-corrected chi connectivity index (χ1v) is 20.9. The van der Waals surface area contributed by atoms with E-state index in [2.05, 4.69) is 47.6 Å². The number of fused-ring (bicyclic) bond motifs is 5. The van der Waals surface area contributed by atoms with Crippen molar-refractivity contribution in [3.63, 3.8) is 0 Å². The fraction of sp³-hybridized carbons (Fsp3) is 0.929. The summed E-state index contributed by atoms with van der Waals surface area (Å²) >= 11 is 0. The summed E-state index contributed by atoms with van der Waals surface area (Å²) in [6, 6.07) is 0. The van der Waals surface area contributed by atoms with Crippen LogP contribution in [0.3, 0.4) is 0 Å². The van der Waals surface area contributed by atoms with Gasteiger partial charge in [-0.1, -0.05) is 53.2 Å². The lowest BCUT2D eigenvalue weighted by atomic mass is 9.38. The Bertz CT molecular complexity index is 1450. The predicted octanol–water partition coefficient (Wildman–Crippen LogP) is 1.33. The maximum Gasteiger partial charge on any atom is 0.187 e. The van der Waals surface area contributed by atoms with Crippen LogP contribution in [0.1, 0.15) is 107 Å². The van der Waals surface area contributed by atoms with Crippen molar-refractivity contribution in [2.75, 3.05) is 13.2 Å². The van der Waals surface area contributed by atoms with Crippen LogP contribution in [0.2, 0.25) is 0 Å². The molecule has 0 aromatic rings. The largest absolute Gasteiger partial charge is 0.394 e. The van der Waals surface area contributed by atoms with Crippen molar-refractivity contribution in [1.82, 2.24) is 0 Å². The van der Waals surface area contributed by atoms with Gasteiger partial charge >= 0.3 is 0 Å². The van der Waals surface area contributed by atoms with Crippen molar-refractivity contribution in [1.29, 1.82) is 0 Å². The highest BCUT2D eigenvalue weighted by atomic mass is 16.7. The van der Waals surface area contributed by atoms with E-state index in [-0.39, 0.29) is 39.9 Å². The van der Waals surface area contributed by atoms with Gasteiger partial charge in [-0.3, -0.25) is 4.79 Å². The summed E-state index contributed by atoms with van der Waals surface area (Å²) in [5, 5.41) is 94.8. The zero-order valence-corrected chi connectivity index (χ0v) is 34.5. The van der Waals surface area contributed by atoms with Crippen molar-refractivity contribution in [2.45, 2.75) is 186 Å². The van der Waals surface area contributed by atoms with Gasteiger partial charge in [0, 0.05) is 17.3 Å². The maximum absolute atomic E-state index is 14.6. The number of rotatable bonds is 11. The Morgan fingerprint density at radius 1 is 0.821 bits per heavy atom. The van der Waals surface area contributed by atoms with E-state index >= 15 is 0 Å². The van der Waals surface area contributed by atoms with Gasteiger partial charge in [0.25, 0.3) is 0 Å². The molecule has 2 aliphatic heterocycles. The Kier molecular flexibility index (Phi) is 12.5. The number of aliphatic hydroxyl groups excluding tert-OH is 8. The van der Waals surface area contributed by atoms with E-state index in [1.807, 2.05) is 0 Å². The zero-order chi connectivity index (χ0) is 41.5. The van der Waals surface area contributed by atoms with E-state index < -0.39 is 97.8 Å². The Hall–Kier alpha value is -1.11. The molecule has 9 N–H and O–H groups in total. The predicted molar refractivity (Wildman–Crippen MR) is 201 cm³/mol. The summed E-state index contributed by atoms with van der Waals surface area (Å²) in [7, 11) is 0. The molecule has 56 heavy (non-hydrogen) atoms. The van der Waals surface area contributed by atoms with E-state index in [0.29, 0.717) is 31.5 Å². The molecule has 2 saturated heterocycles. The molecule has 6 rings (SSSR count). The monoisotopic (exact) mass is 798 g/mol. The quantitative estimate of drug-likeness (QED) is 0.134. The van der Waals surface area contributed by atoms with Gasteiger partial charge in [0.1, 0.15) is 54.6 Å². The zero-order valence-electron chi connectivity index (χ0n) is 34.5. The summed E-state index contributed by atoms with van der Waals surface area (Å²) in [4.78, 5) is 14.6. The van der Waals surface area contributed by atoms with Gasteiger partial charge in [-0.2, -0.15) is 0 Å². The Morgan fingerprint density at radius 2 is 1.43 bits per heavy atom. The SMILES string of the molecule is C[C@H](CC[C@@H](OC1OC(COC2OC(CO)C(O)C(O)C2O)C(O)C(O)C1O)C(C)(C)O)C1CC[C@@]2(C)C3CC=C4C(CC[C@H](O)C4(C)C)[C@]3(C)C(=O)C[C@]12C. The number of Topliss-reactive ketones (excluding diaryl/α,β-unsaturated/α-hetero) is 1. The normalized spacial score (nSPS) is 49.0. The first-order valence-electron chi connectivity index (χ1n) is 20.9. The molecule has 0 radical (unpaired) electrons. The second-order valence-corrected chi connectivity index (χ2v) is 20.1. The van der Waals surface area contributed by atoms with E-state index in [4.69, 9.17) is 18.9 Å². The van der Waals surface area contributed by atoms with Crippen molar-refractivity contribution < 1.29 is 69.7 Å². The Morgan fingerprint density at radius 3 is 2.05 bits per heavy atom. The fourth-order valence-corrected chi connectivity index (χ4v) is 12.3. The third-order valence-electron chi connectivity index (χ3n) is 16.3. The van der Waals surface area contributed by atoms with Crippen LogP contribution in [0, 0.1) is 45.3 Å². The summed E-state index contributed by atoms with van der Waals surface area (Å²) in [6.07, 6.45) is -8.64. The molecule has 14 heteroatoms. The van der Waals surface area contributed by atoms with Gasteiger partial charge in [0.2, 0.25) is 0 Å². The smallest absolute Gasteiger partial charge is 0.187 e. The highest BCUT2D eigenvalue weighted by molar-refractivity contribution is 5.88. The van der Waals surface area contributed by atoms with Gasteiger partial charge in [-0.25, -0.2) is 0 Å². The van der Waals surface area contributed by atoms with Gasteiger partial charge in [-0.05, 0) is 93.3 Å². The lowest BCUT2D eigenvalue weighted by Crippen LogP contribution is -2.63. The molecule has 0 amide bonds. The second kappa shape index (κ2) is 15.7. The van der Waals surface area contributed by atoms with Gasteiger partial charge in [-0.15, -0.1) is 0 Å². The van der Waals surface area contributed by atoms with E-state index in [1.165, 1.54) is 5.57 Å². The molecule has 19 atom stereocenters. The number of ketones is 1. The number of carbonyl (C=O) groups is 1. The average Bonchev–Trinajstić information content (AvgIpc) is 3.40. The average molecular weight is 799 g/mol. The molecule has 14 nitrogen and oxygen atoms in total. The Balaban J connectivity index is 1.13. The summed E-state index contributed by atoms with van der Waals surface area (Å²) in [5.41, 5.74) is -1.32. The Labute approximate surface area is 331 Å². The number of carbonyl (C=O) groups excluding carboxylic acids is 1. The maximum atomic E-state index is 14.6. The molecule has 13 unspecified atom stereocenters. The highest BCUT2D eigenvalue weighted by Crippen LogP contribution is 2.74. The van der Waals surface area contributed by atoms with Crippen molar-refractivity contribution in [3.05, 3.63) is 11.6 Å². The van der Waals surface area contributed by atoms with Crippen LogP contribution in [0.25, 0.3) is 0 Å². The van der Waals surface area contributed by atoms with Gasteiger partial charge in [0.15, 0.2) is 12.6 Å². The number of aliphatic hydroxyl groups is 9. The van der Waals surface area contributed by atoms with Crippen LogP contribution in [0.4, 0.5) is 0 Å². The molecule has 5 fully saturated rings. The molecule has 0 bridgehead atoms. The first-order chi connectivity index (χ1) is 25.9. The number of hydrogen-bond acceptors (Lipinski definition) is 14. The molecule has 322 valence electrons. The van der Waals surface area contributed by atoms with Crippen LogP contribution in [0.5, 0.6) is 0 Å². The van der Waals surface area contributed by atoms with E-state index in [9.17, 15) is 50.8 Å². The minimum atomic E-state index is -1.72. The van der Waals surface area contributed by atoms with Crippen LogP contribution >= 0.6 is 0 Å². The minimum Gasteiger partial charge on any atom is -0.394 e. The molecule has 6 aliphatic rings. The third-order valence-corrected chi connectivity index (χ3v) is 16.3. The van der Waals surface area contributed by atoms with Crippen LogP contribution in [-0.2, 0) is 23.7 Å². The number of allylic oxidation sites excluding steroid dienone is 1. The summed E-state index contributed by atoms with van der Waals surface area (Å²) in [5.74, 6) is 1.03. The highest BCUT2D eigenvalue weighted by Gasteiger charge is 2.70. The lowest BCUT2D eigenvalue weighted by molar-refractivity contribution is -0.341. The molecule has 2 heterocycles. The summed E-state index contributed by atoms with van der Waals surface area (Å²) in [6.45, 7) is 15.4. The van der Waals surface area contributed by atoms with E-state index in [0.717, 1.165) is 25.7 Å². The standard InChI is InChI=1S/C42H70O14/c1-20(21-15-16-40(6)26-12-10-22-23(11-13-27(44)38(22,2)3)42(26,8)28(45)17-41(21,40)7)9-14-29(39(4,5)52)56-37-35(51)33(49)31(47)25(55-37)19-53-36-34(50)32(48)30(46)24(18-43)54-36/h10,20-21,23-27,29-37,43-44,46-52H,9,11-19H2,1-8H3/t20-,21?,23?,24?,25?,26?,27+,29-,30?,31?,32?,33?,34?,35?,36?,37?,40+,41-,42+/m1/s1. The molecule has 0 aromatic carbocycles. The molecule has 0 aromatic heterocycles. The third kappa shape index (κ3) is 7.17. The van der Waals surface area contributed by atoms with Crippen molar-refractivity contribution >= 4 is 5.78 Å². The molecule has 0 spiro atoms. The lowest BCUT2D eigenvalue weighted by Gasteiger charge is -2.64. The first kappa shape index (κ1) is 44.4. The van der Waals surface area contributed by atoms with Gasteiger partial charge in [0.05, 0.1) is 31.0 Å². The van der Waals surface area contributed by atoms with Gasteiger partial charge < -0.3 is 64.9 Å². The molecular weight excluding hydrogens is 728 g/mol. The van der Waals surface area contributed by atoms with Crippen molar-refractivity contribution in [2.24, 2.45) is 45.3 Å².